The van der Waals surface area contributed by atoms with Crippen molar-refractivity contribution in [2.24, 2.45) is 0 Å². The molecule has 0 aliphatic rings. The van der Waals surface area contributed by atoms with Crippen LogP contribution >= 0.6 is 0 Å². The van der Waals surface area contributed by atoms with Crippen LogP contribution in [0.1, 0.15) is 29.1 Å². The van der Waals surface area contributed by atoms with Crippen LogP contribution in [0.3, 0.4) is 0 Å². The Hall–Kier alpha value is -3.08. The van der Waals surface area contributed by atoms with Gasteiger partial charge in [-0.15, -0.1) is 0 Å². The van der Waals surface area contributed by atoms with Crippen molar-refractivity contribution in [3.8, 4) is 0 Å². The monoisotopic (exact) mass is 322 g/mol. The van der Waals surface area contributed by atoms with Crippen molar-refractivity contribution >= 4 is 22.8 Å². The molecule has 0 unspecified atom stereocenters. The van der Waals surface area contributed by atoms with Crippen LogP contribution in [-0.2, 0) is 4.79 Å². The van der Waals surface area contributed by atoms with E-state index in [1.165, 1.54) is 0 Å². The van der Waals surface area contributed by atoms with Crippen molar-refractivity contribution in [2.45, 2.75) is 13.0 Å². The molecular weight excluding hydrogens is 304 g/mol. The molecule has 1 atom stereocenters. The Labute approximate surface area is 139 Å². The fraction of sp³-hybridized carbons (Fsp3) is 0.158. The summed E-state index contributed by atoms with van der Waals surface area (Å²) in [7, 11) is 0. The highest BCUT2D eigenvalue weighted by molar-refractivity contribution is 5.96. The molecular formula is C19H18N2O3. The first-order valence-corrected chi connectivity index (χ1v) is 7.74. The maximum Gasteiger partial charge on any atom is 0.251 e. The number of carbonyl (C=O) groups excluding carboxylic acids is 2. The molecule has 3 aromatic rings. The van der Waals surface area contributed by atoms with E-state index < -0.39 is 0 Å². The Morgan fingerprint density at radius 1 is 1.04 bits per heavy atom. The standard InChI is InChI=1S/C19H18N2O3/c1-13(17-11-15-9-5-6-10-16(15)24-17)21-18(22)12-20-19(23)14-7-3-2-4-8-14/h2-11,13H,12H2,1H3,(H,20,23)(H,21,22)/t13-/m0/s1. The second kappa shape index (κ2) is 7.00. The number of fused-ring (bicyclic) bond motifs is 1. The van der Waals surface area contributed by atoms with Crippen molar-refractivity contribution in [3.63, 3.8) is 0 Å². The van der Waals surface area contributed by atoms with Crippen LogP contribution in [0.5, 0.6) is 0 Å². The molecule has 24 heavy (non-hydrogen) atoms. The zero-order chi connectivity index (χ0) is 16.9. The number of carbonyl (C=O) groups is 2. The molecule has 1 heterocycles. The highest BCUT2D eigenvalue weighted by Crippen LogP contribution is 2.23. The highest BCUT2D eigenvalue weighted by Gasteiger charge is 2.15. The minimum absolute atomic E-state index is 0.0850. The van der Waals surface area contributed by atoms with E-state index in [2.05, 4.69) is 10.6 Å². The SMILES string of the molecule is C[C@H](NC(=O)CNC(=O)c1ccccc1)c1cc2ccccc2o1. The summed E-state index contributed by atoms with van der Waals surface area (Å²) in [5.41, 5.74) is 1.31. The molecule has 0 bridgehead atoms. The molecule has 0 saturated heterocycles. The van der Waals surface area contributed by atoms with Gasteiger partial charge in [0, 0.05) is 10.9 Å². The van der Waals surface area contributed by atoms with Gasteiger partial charge in [-0.25, -0.2) is 0 Å². The van der Waals surface area contributed by atoms with Crippen LogP contribution in [0.2, 0.25) is 0 Å². The van der Waals surface area contributed by atoms with Gasteiger partial charge >= 0.3 is 0 Å². The van der Waals surface area contributed by atoms with Gasteiger partial charge in [-0.1, -0.05) is 36.4 Å². The Bertz CT molecular complexity index is 822. The topological polar surface area (TPSA) is 71.3 Å². The first-order valence-electron chi connectivity index (χ1n) is 7.74. The number of benzene rings is 2. The summed E-state index contributed by atoms with van der Waals surface area (Å²) in [6, 6.07) is 18.1. The lowest BCUT2D eigenvalue weighted by molar-refractivity contribution is -0.120. The Balaban J connectivity index is 1.55. The number of rotatable bonds is 5. The predicted octanol–water partition coefficient (Wildman–Crippen LogP) is 3.04. The lowest BCUT2D eigenvalue weighted by Gasteiger charge is -2.12. The first kappa shape index (κ1) is 15.8. The zero-order valence-corrected chi connectivity index (χ0v) is 13.3. The van der Waals surface area contributed by atoms with Crippen molar-refractivity contribution in [1.29, 1.82) is 0 Å². The second-order valence-electron chi connectivity index (χ2n) is 5.52. The molecule has 1 aromatic heterocycles. The van der Waals surface area contributed by atoms with E-state index in [1.54, 1.807) is 24.3 Å². The molecule has 0 spiro atoms. The fourth-order valence-corrected chi connectivity index (χ4v) is 2.43. The van der Waals surface area contributed by atoms with E-state index in [0.29, 0.717) is 11.3 Å². The maximum atomic E-state index is 12.0. The molecule has 2 amide bonds. The molecule has 0 fully saturated rings. The van der Waals surface area contributed by atoms with Crippen LogP contribution < -0.4 is 10.6 Å². The van der Waals surface area contributed by atoms with Gasteiger partial charge in [0.15, 0.2) is 0 Å². The van der Waals surface area contributed by atoms with Crippen LogP contribution in [0, 0.1) is 0 Å². The summed E-state index contributed by atoms with van der Waals surface area (Å²) >= 11 is 0. The zero-order valence-electron chi connectivity index (χ0n) is 13.3. The number of amides is 2. The van der Waals surface area contributed by atoms with Crippen LogP contribution in [0.15, 0.2) is 65.1 Å². The lowest BCUT2D eigenvalue weighted by atomic mass is 10.2. The second-order valence-corrected chi connectivity index (χ2v) is 5.52. The summed E-state index contributed by atoms with van der Waals surface area (Å²) in [6.45, 7) is 1.76. The summed E-state index contributed by atoms with van der Waals surface area (Å²) in [5, 5.41) is 6.41. The number of furan rings is 1. The van der Waals surface area contributed by atoms with Gasteiger partial charge in [-0.05, 0) is 31.2 Å². The molecule has 5 nitrogen and oxygen atoms in total. The van der Waals surface area contributed by atoms with E-state index in [4.69, 9.17) is 4.42 Å². The molecule has 0 aliphatic carbocycles. The van der Waals surface area contributed by atoms with Crippen molar-refractivity contribution in [2.75, 3.05) is 6.54 Å². The number of hydrogen-bond donors (Lipinski definition) is 2. The van der Waals surface area contributed by atoms with Gasteiger partial charge in [0.05, 0.1) is 12.6 Å². The van der Waals surface area contributed by atoms with Crippen LogP contribution in [-0.4, -0.2) is 18.4 Å². The van der Waals surface area contributed by atoms with Gasteiger partial charge in [-0.3, -0.25) is 9.59 Å². The molecule has 2 N–H and O–H groups in total. The van der Waals surface area contributed by atoms with Gasteiger partial charge in [0.25, 0.3) is 5.91 Å². The highest BCUT2D eigenvalue weighted by atomic mass is 16.3. The number of para-hydroxylation sites is 1. The minimum atomic E-state index is -0.279. The van der Waals surface area contributed by atoms with Crippen LogP contribution in [0.25, 0.3) is 11.0 Å². The average Bonchev–Trinajstić information content (AvgIpc) is 3.05. The van der Waals surface area contributed by atoms with Crippen molar-refractivity contribution in [1.82, 2.24) is 10.6 Å². The fourth-order valence-electron chi connectivity index (χ4n) is 2.43. The molecule has 122 valence electrons. The quantitative estimate of drug-likeness (QED) is 0.758. The van der Waals surface area contributed by atoms with E-state index in [0.717, 1.165) is 11.0 Å². The summed E-state index contributed by atoms with van der Waals surface area (Å²) in [4.78, 5) is 23.9. The van der Waals surface area contributed by atoms with Gasteiger partial charge < -0.3 is 15.1 Å². The lowest BCUT2D eigenvalue weighted by Crippen LogP contribution is -2.37. The summed E-state index contributed by atoms with van der Waals surface area (Å²) in [6.07, 6.45) is 0. The minimum Gasteiger partial charge on any atom is -0.459 e. The van der Waals surface area contributed by atoms with E-state index in [9.17, 15) is 9.59 Å². The third-order valence-electron chi connectivity index (χ3n) is 3.69. The Morgan fingerprint density at radius 2 is 1.75 bits per heavy atom. The molecule has 2 aromatic carbocycles. The Kier molecular flexibility index (Phi) is 4.61. The molecule has 0 aliphatic heterocycles. The summed E-state index contributed by atoms with van der Waals surface area (Å²) in [5.74, 6) is 0.133. The Morgan fingerprint density at radius 3 is 2.50 bits per heavy atom. The summed E-state index contributed by atoms with van der Waals surface area (Å²) < 4.78 is 5.72. The number of nitrogens with one attached hydrogen (secondary N) is 2. The molecule has 5 heteroatoms. The molecule has 0 radical (unpaired) electrons. The molecule has 0 saturated carbocycles. The first-order chi connectivity index (χ1) is 11.6. The smallest absolute Gasteiger partial charge is 0.251 e. The van der Waals surface area contributed by atoms with Crippen molar-refractivity contribution in [3.05, 3.63) is 72.0 Å². The van der Waals surface area contributed by atoms with E-state index in [1.807, 2.05) is 43.3 Å². The largest absolute Gasteiger partial charge is 0.459 e. The van der Waals surface area contributed by atoms with Gasteiger partial charge in [0.1, 0.15) is 11.3 Å². The van der Waals surface area contributed by atoms with E-state index >= 15 is 0 Å². The van der Waals surface area contributed by atoms with E-state index in [-0.39, 0.29) is 24.4 Å². The third-order valence-corrected chi connectivity index (χ3v) is 3.69. The number of hydrogen-bond acceptors (Lipinski definition) is 3. The van der Waals surface area contributed by atoms with Crippen LogP contribution in [0.4, 0.5) is 0 Å². The maximum absolute atomic E-state index is 12.0. The normalized spacial score (nSPS) is 11.9. The third kappa shape index (κ3) is 3.63. The average molecular weight is 322 g/mol. The predicted molar refractivity (Wildman–Crippen MR) is 91.5 cm³/mol. The van der Waals surface area contributed by atoms with Crippen molar-refractivity contribution < 1.29 is 14.0 Å². The van der Waals surface area contributed by atoms with Gasteiger partial charge in [0.2, 0.25) is 5.91 Å². The molecule has 3 rings (SSSR count). The van der Waals surface area contributed by atoms with Gasteiger partial charge in [-0.2, -0.15) is 0 Å².